The molecule has 0 aliphatic rings. The van der Waals surface area contributed by atoms with Crippen molar-refractivity contribution in [2.24, 2.45) is 0 Å². The maximum absolute atomic E-state index is 3.62. The first-order valence-electron chi connectivity index (χ1n) is 7.46. The van der Waals surface area contributed by atoms with Crippen LogP contribution in [0.1, 0.15) is 38.3 Å². The second-order valence-electron chi connectivity index (χ2n) is 6.52. The van der Waals surface area contributed by atoms with E-state index in [0.717, 1.165) is 10.9 Å². The van der Waals surface area contributed by atoms with E-state index in [-0.39, 0.29) is 5.41 Å². The molecular weight excluding hydrogens is 322 g/mol. The molecule has 1 atom stereocenters. The molecule has 0 spiro atoms. The molecule has 0 heterocycles. The average molecular weight is 346 g/mol. The van der Waals surface area contributed by atoms with Gasteiger partial charge in [-0.2, -0.15) is 0 Å². The minimum atomic E-state index is 0.161. The van der Waals surface area contributed by atoms with Gasteiger partial charge < -0.3 is 5.32 Å². The summed E-state index contributed by atoms with van der Waals surface area (Å²) in [6.07, 6.45) is 1.09. The molecule has 2 aromatic rings. The zero-order chi connectivity index (χ0) is 15.5. The predicted molar refractivity (Wildman–Crippen MR) is 96.0 cm³/mol. The Morgan fingerprint density at radius 3 is 2.38 bits per heavy atom. The van der Waals surface area contributed by atoms with Crippen molar-refractivity contribution in [1.82, 2.24) is 0 Å². The van der Waals surface area contributed by atoms with Crippen LogP contribution in [0.2, 0.25) is 0 Å². The fourth-order valence-electron chi connectivity index (χ4n) is 2.93. The van der Waals surface area contributed by atoms with Gasteiger partial charge >= 0.3 is 0 Å². The van der Waals surface area contributed by atoms with Gasteiger partial charge in [0.15, 0.2) is 0 Å². The molecule has 0 bridgehead atoms. The fourth-order valence-corrected chi connectivity index (χ4v) is 3.54. The zero-order valence-electron chi connectivity index (χ0n) is 13.3. The molecule has 0 radical (unpaired) electrons. The summed E-state index contributed by atoms with van der Waals surface area (Å²) < 4.78 is 1.12. The Balaban J connectivity index is 2.05. The lowest BCUT2D eigenvalue weighted by molar-refractivity contribution is 0.450. The molecule has 0 aromatic heterocycles. The lowest BCUT2D eigenvalue weighted by Crippen LogP contribution is -2.27. The van der Waals surface area contributed by atoms with E-state index in [1.165, 1.54) is 16.8 Å². The second-order valence-corrected chi connectivity index (χ2v) is 7.43. The van der Waals surface area contributed by atoms with E-state index in [4.69, 9.17) is 0 Å². The standard InChI is InChI=1S/C19H24BrN/c1-14-10-17(20)12-18(11-14)21-15(2)13-19(3,4)16-8-6-5-7-9-16/h5-12,15,21H,13H2,1-4H3. The summed E-state index contributed by atoms with van der Waals surface area (Å²) in [6, 6.07) is 17.6. The van der Waals surface area contributed by atoms with Crippen molar-refractivity contribution in [2.45, 2.75) is 45.6 Å². The van der Waals surface area contributed by atoms with Crippen LogP contribution in [0.4, 0.5) is 5.69 Å². The van der Waals surface area contributed by atoms with Gasteiger partial charge in [0.2, 0.25) is 0 Å². The van der Waals surface area contributed by atoms with Crippen LogP contribution in [0, 0.1) is 6.92 Å². The van der Waals surface area contributed by atoms with E-state index in [1.807, 2.05) is 0 Å². The van der Waals surface area contributed by atoms with Crippen LogP contribution in [0.25, 0.3) is 0 Å². The van der Waals surface area contributed by atoms with Gasteiger partial charge in [-0.3, -0.25) is 0 Å². The summed E-state index contributed by atoms with van der Waals surface area (Å²) in [5, 5.41) is 3.62. The van der Waals surface area contributed by atoms with Crippen LogP contribution in [0.3, 0.4) is 0 Å². The van der Waals surface area contributed by atoms with Crippen molar-refractivity contribution in [3.8, 4) is 0 Å². The maximum atomic E-state index is 3.62. The number of aryl methyl sites for hydroxylation is 1. The van der Waals surface area contributed by atoms with Crippen molar-refractivity contribution >= 4 is 21.6 Å². The van der Waals surface area contributed by atoms with Crippen LogP contribution in [-0.2, 0) is 5.41 Å². The summed E-state index contributed by atoms with van der Waals surface area (Å²) in [5.74, 6) is 0. The van der Waals surface area contributed by atoms with Crippen molar-refractivity contribution in [3.05, 3.63) is 64.1 Å². The molecule has 0 aliphatic carbocycles. The number of nitrogens with one attached hydrogen (secondary N) is 1. The van der Waals surface area contributed by atoms with Crippen LogP contribution in [0.15, 0.2) is 53.0 Å². The third kappa shape index (κ3) is 4.60. The number of hydrogen-bond acceptors (Lipinski definition) is 1. The number of hydrogen-bond donors (Lipinski definition) is 1. The summed E-state index contributed by atoms with van der Waals surface area (Å²) in [7, 11) is 0. The highest BCUT2D eigenvalue weighted by Gasteiger charge is 2.23. The highest BCUT2D eigenvalue weighted by molar-refractivity contribution is 9.10. The van der Waals surface area contributed by atoms with Gasteiger partial charge in [0.1, 0.15) is 0 Å². The number of halogens is 1. The van der Waals surface area contributed by atoms with Gasteiger partial charge in [-0.15, -0.1) is 0 Å². The zero-order valence-corrected chi connectivity index (χ0v) is 14.9. The molecule has 0 fully saturated rings. The number of anilines is 1. The average Bonchev–Trinajstić information content (AvgIpc) is 2.37. The summed E-state index contributed by atoms with van der Waals surface area (Å²) >= 11 is 3.56. The molecule has 2 aromatic carbocycles. The molecule has 2 heteroatoms. The maximum Gasteiger partial charge on any atom is 0.0356 e. The predicted octanol–water partition coefficient (Wildman–Crippen LogP) is 5.93. The van der Waals surface area contributed by atoms with E-state index in [9.17, 15) is 0 Å². The van der Waals surface area contributed by atoms with Gasteiger partial charge in [0.05, 0.1) is 0 Å². The van der Waals surface area contributed by atoms with E-state index < -0.39 is 0 Å². The molecule has 112 valence electrons. The topological polar surface area (TPSA) is 12.0 Å². The minimum absolute atomic E-state index is 0.161. The molecule has 2 rings (SSSR count). The summed E-state index contributed by atoms with van der Waals surface area (Å²) in [6.45, 7) is 8.99. The molecule has 0 saturated heterocycles. The van der Waals surface area contributed by atoms with Crippen molar-refractivity contribution in [3.63, 3.8) is 0 Å². The Labute approximate surface area is 136 Å². The van der Waals surface area contributed by atoms with Crippen LogP contribution < -0.4 is 5.32 Å². The number of benzene rings is 2. The normalized spacial score (nSPS) is 13.0. The summed E-state index contributed by atoms with van der Waals surface area (Å²) in [4.78, 5) is 0. The fraction of sp³-hybridized carbons (Fsp3) is 0.368. The summed E-state index contributed by atoms with van der Waals surface area (Å²) in [5.41, 5.74) is 4.00. The highest BCUT2D eigenvalue weighted by atomic mass is 79.9. The number of rotatable bonds is 5. The smallest absolute Gasteiger partial charge is 0.0356 e. The Bertz CT molecular complexity index is 570. The van der Waals surface area contributed by atoms with Crippen LogP contribution >= 0.6 is 15.9 Å². The van der Waals surface area contributed by atoms with Gasteiger partial charge in [-0.25, -0.2) is 0 Å². The lowest BCUT2D eigenvalue weighted by atomic mass is 9.79. The Morgan fingerprint density at radius 2 is 1.76 bits per heavy atom. The third-order valence-corrected chi connectivity index (χ3v) is 4.28. The van der Waals surface area contributed by atoms with Gasteiger partial charge in [0, 0.05) is 16.2 Å². The minimum Gasteiger partial charge on any atom is -0.383 e. The van der Waals surface area contributed by atoms with E-state index >= 15 is 0 Å². The Morgan fingerprint density at radius 1 is 1.10 bits per heavy atom. The van der Waals surface area contributed by atoms with Gasteiger partial charge in [0.25, 0.3) is 0 Å². The van der Waals surface area contributed by atoms with E-state index in [2.05, 4.69) is 97.5 Å². The van der Waals surface area contributed by atoms with Crippen molar-refractivity contribution in [1.29, 1.82) is 0 Å². The molecule has 0 amide bonds. The molecule has 1 unspecified atom stereocenters. The Hall–Kier alpha value is -1.28. The van der Waals surface area contributed by atoms with Gasteiger partial charge in [-0.05, 0) is 55.0 Å². The largest absolute Gasteiger partial charge is 0.383 e. The second kappa shape index (κ2) is 6.65. The molecular formula is C19H24BrN. The lowest BCUT2D eigenvalue weighted by Gasteiger charge is -2.29. The first-order valence-corrected chi connectivity index (χ1v) is 8.25. The quantitative estimate of drug-likeness (QED) is 0.708. The first kappa shape index (κ1) is 16.1. The molecule has 21 heavy (non-hydrogen) atoms. The molecule has 0 saturated carbocycles. The third-order valence-electron chi connectivity index (χ3n) is 3.83. The van der Waals surface area contributed by atoms with Crippen molar-refractivity contribution in [2.75, 3.05) is 5.32 Å². The van der Waals surface area contributed by atoms with E-state index in [1.54, 1.807) is 0 Å². The van der Waals surface area contributed by atoms with Crippen molar-refractivity contribution < 1.29 is 0 Å². The molecule has 0 aliphatic heterocycles. The Kier molecular flexibility index (Phi) is 5.10. The van der Waals surface area contributed by atoms with Crippen LogP contribution in [0.5, 0.6) is 0 Å². The van der Waals surface area contributed by atoms with E-state index in [0.29, 0.717) is 6.04 Å². The monoisotopic (exact) mass is 345 g/mol. The van der Waals surface area contributed by atoms with Gasteiger partial charge in [-0.1, -0.05) is 60.1 Å². The molecule has 1 N–H and O–H groups in total. The first-order chi connectivity index (χ1) is 9.87. The van der Waals surface area contributed by atoms with Crippen LogP contribution in [-0.4, -0.2) is 6.04 Å². The highest BCUT2D eigenvalue weighted by Crippen LogP contribution is 2.29. The molecule has 1 nitrogen and oxygen atoms in total. The SMILES string of the molecule is Cc1cc(Br)cc(NC(C)CC(C)(C)c2ccccc2)c1.